The number of rotatable bonds is 21. The predicted molar refractivity (Wildman–Crippen MR) is 125 cm³/mol. The smallest absolute Gasteiger partial charge is 0.303 e. The molecule has 180 valence electrons. The van der Waals surface area contributed by atoms with E-state index in [0.29, 0.717) is 26.1 Å². The molecule has 30 heavy (non-hydrogen) atoms. The molecule has 0 aliphatic carbocycles. The van der Waals surface area contributed by atoms with Crippen molar-refractivity contribution in [1.82, 2.24) is 4.90 Å². The highest BCUT2D eigenvalue weighted by Crippen LogP contribution is 2.09. The van der Waals surface area contributed by atoms with E-state index in [1.54, 1.807) is 4.90 Å². The molecule has 0 atom stereocenters. The monoisotopic (exact) mass is 431 g/mol. The maximum absolute atomic E-state index is 10.3. The number of nitrogens with zero attached hydrogens (tertiary/aromatic N) is 1. The van der Waals surface area contributed by atoms with Crippen LogP contribution < -0.4 is 0 Å². The molecule has 0 aliphatic rings. The molecule has 0 amide bonds. The average Bonchev–Trinajstić information content (AvgIpc) is 2.72. The first-order valence-electron chi connectivity index (χ1n) is 12.0. The zero-order chi connectivity index (χ0) is 22.7. The zero-order valence-corrected chi connectivity index (χ0v) is 19.4. The molecule has 0 saturated carbocycles. The Morgan fingerprint density at radius 2 is 1.07 bits per heavy atom. The van der Waals surface area contributed by atoms with Gasteiger partial charge in [0, 0.05) is 26.1 Å². The van der Waals surface area contributed by atoms with Gasteiger partial charge in [-0.15, -0.1) is 0 Å². The van der Waals surface area contributed by atoms with Gasteiger partial charge in [-0.3, -0.25) is 9.69 Å². The van der Waals surface area contributed by atoms with Crippen LogP contribution in [0.15, 0.2) is 12.2 Å². The van der Waals surface area contributed by atoms with Crippen molar-refractivity contribution in [2.75, 3.05) is 39.5 Å². The highest BCUT2D eigenvalue weighted by Gasteiger charge is 2.00. The molecule has 0 unspecified atom stereocenters. The fraction of sp³-hybridized carbons (Fsp3) is 0.875. The summed E-state index contributed by atoms with van der Waals surface area (Å²) in [5, 5.41) is 34.0. The number of carboxylic acids is 1. The quantitative estimate of drug-likeness (QED) is 0.159. The van der Waals surface area contributed by atoms with Crippen LogP contribution in [0.4, 0.5) is 0 Å². The highest BCUT2D eigenvalue weighted by atomic mass is 16.4. The highest BCUT2D eigenvalue weighted by molar-refractivity contribution is 5.66. The number of aliphatic hydroxyl groups is 3. The largest absolute Gasteiger partial charge is 0.481 e. The Morgan fingerprint density at radius 3 is 1.47 bits per heavy atom. The average molecular weight is 432 g/mol. The minimum absolute atomic E-state index is 0.0694. The summed E-state index contributed by atoms with van der Waals surface area (Å²) in [7, 11) is 0. The summed E-state index contributed by atoms with van der Waals surface area (Å²) in [6.07, 6.45) is 21.2. The van der Waals surface area contributed by atoms with Crippen LogP contribution in [0.3, 0.4) is 0 Å². The summed E-state index contributed by atoms with van der Waals surface area (Å²) in [4.78, 5) is 12.1. The molecule has 0 bridgehead atoms. The van der Waals surface area contributed by atoms with Gasteiger partial charge in [0.2, 0.25) is 0 Å². The summed E-state index contributed by atoms with van der Waals surface area (Å²) in [6, 6.07) is 0. The van der Waals surface area contributed by atoms with Crippen molar-refractivity contribution in [3.05, 3.63) is 12.2 Å². The number of carbonyl (C=O) groups is 1. The van der Waals surface area contributed by atoms with Crippen molar-refractivity contribution in [2.45, 2.75) is 96.8 Å². The van der Waals surface area contributed by atoms with E-state index in [1.807, 2.05) is 0 Å². The van der Waals surface area contributed by atoms with Crippen LogP contribution in [-0.2, 0) is 4.79 Å². The fourth-order valence-electron chi connectivity index (χ4n) is 3.11. The molecule has 0 aliphatic heterocycles. The van der Waals surface area contributed by atoms with Crippen LogP contribution in [0.5, 0.6) is 0 Å². The standard InChI is InChI=1S/C18H34O2.C6H15NO3/c1-2-3-4-5-6-7-8-9-10-11-12-13-14-15-16-17-18(19)20;8-4-1-7(2-5-9)3-6-10/h9-10H,2-8,11-17H2,1H3,(H,19,20);8-10H,1-6H2. The summed E-state index contributed by atoms with van der Waals surface area (Å²) >= 11 is 0. The van der Waals surface area contributed by atoms with Gasteiger partial charge >= 0.3 is 5.97 Å². The summed E-state index contributed by atoms with van der Waals surface area (Å²) in [6.45, 7) is 4.01. The molecular weight excluding hydrogens is 382 g/mol. The molecule has 0 radical (unpaired) electrons. The number of allylic oxidation sites excluding steroid dienone is 2. The molecule has 0 spiro atoms. The van der Waals surface area contributed by atoms with Gasteiger partial charge in [-0.25, -0.2) is 0 Å². The minimum atomic E-state index is -0.664. The van der Waals surface area contributed by atoms with Crippen molar-refractivity contribution in [2.24, 2.45) is 0 Å². The lowest BCUT2D eigenvalue weighted by Crippen LogP contribution is -2.32. The lowest BCUT2D eigenvalue weighted by Gasteiger charge is -2.17. The van der Waals surface area contributed by atoms with E-state index in [2.05, 4.69) is 19.1 Å². The first-order valence-corrected chi connectivity index (χ1v) is 12.0. The molecule has 0 fully saturated rings. The predicted octanol–water partition coefficient (Wildman–Crippen LogP) is 4.37. The fourth-order valence-corrected chi connectivity index (χ4v) is 3.11. The molecule has 0 aromatic heterocycles. The van der Waals surface area contributed by atoms with Gasteiger partial charge < -0.3 is 20.4 Å². The third kappa shape index (κ3) is 29.3. The first-order chi connectivity index (χ1) is 14.6. The molecule has 6 nitrogen and oxygen atoms in total. The van der Waals surface area contributed by atoms with Crippen molar-refractivity contribution in [3.8, 4) is 0 Å². The van der Waals surface area contributed by atoms with Crippen LogP contribution in [0.1, 0.15) is 96.8 Å². The molecule has 0 aromatic carbocycles. The minimum Gasteiger partial charge on any atom is -0.481 e. The topological polar surface area (TPSA) is 101 Å². The number of unbranched alkanes of at least 4 members (excludes halogenated alkanes) is 11. The van der Waals surface area contributed by atoms with Gasteiger partial charge in [0.05, 0.1) is 19.8 Å². The Hall–Kier alpha value is -0.950. The number of carboxylic acid groups (broad SMARTS) is 1. The Bertz CT molecular complexity index is 349. The van der Waals surface area contributed by atoms with Crippen LogP contribution in [0.25, 0.3) is 0 Å². The van der Waals surface area contributed by atoms with Gasteiger partial charge in [-0.1, -0.05) is 70.4 Å². The number of aliphatic carboxylic acids is 1. The second-order valence-electron chi connectivity index (χ2n) is 7.74. The van der Waals surface area contributed by atoms with Crippen molar-refractivity contribution in [1.29, 1.82) is 0 Å². The lowest BCUT2D eigenvalue weighted by molar-refractivity contribution is -0.137. The van der Waals surface area contributed by atoms with Gasteiger partial charge in [0.1, 0.15) is 0 Å². The molecular formula is C24H49NO5. The van der Waals surface area contributed by atoms with Gasteiger partial charge in [0.15, 0.2) is 0 Å². The molecule has 4 N–H and O–H groups in total. The van der Waals surface area contributed by atoms with Crippen molar-refractivity contribution < 1.29 is 25.2 Å². The maximum atomic E-state index is 10.3. The van der Waals surface area contributed by atoms with E-state index in [9.17, 15) is 4.79 Å². The molecule has 6 heteroatoms. The normalized spacial score (nSPS) is 11.1. The maximum Gasteiger partial charge on any atom is 0.303 e. The number of aliphatic hydroxyl groups excluding tert-OH is 3. The van der Waals surface area contributed by atoms with Gasteiger partial charge in [-0.2, -0.15) is 0 Å². The van der Waals surface area contributed by atoms with E-state index in [-0.39, 0.29) is 19.8 Å². The Kier molecular flexibility index (Phi) is 29.2. The van der Waals surface area contributed by atoms with Crippen LogP contribution >= 0.6 is 0 Å². The van der Waals surface area contributed by atoms with E-state index in [4.69, 9.17) is 20.4 Å². The Balaban J connectivity index is 0. The Labute approximate surface area is 185 Å². The summed E-state index contributed by atoms with van der Waals surface area (Å²) in [5.41, 5.74) is 0. The van der Waals surface area contributed by atoms with Crippen molar-refractivity contribution >= 4 is 5.97 Å². The number of hydrogen-bond acceptors (Lipinski definition) is 5. The summed E-state index contributed by atoms with van der Waals surface area (Å²) < 4.78 is 0. The molecule has 0 aromatic rings. The van der Waals surface area contributed by atoms with E-state index in [1.165, 1.54) is 70.6 Å². The zero-order valence-electron chi connectivity index (χ0n) is 19.4. The van der Waals surface area contributed by atoms with E-state index < -0.39 is 5.97 Å². The third-order valence-corrected chi connectivity index (χ3v) is 4.90. The molecule has 0 rings (SSSR count). The summed E-state index contributed by atoms with van der Waals surface area (Å²) in [5.74, 6) is -0.664. The van der Waals surface area contributed by atoms with E-state index >= 15 is 0 Å². The second-order valence-corrected chi connectivity index (χ2v) is 7.74. The lowest BCUT2D eigenvalue weighted by atomic mass is 10.1. The van der Waals surface area contributed by atoms with Crippen LogP contribution in [0, 0.1) is 0 Å². The van der Waals surface area contributed by atoms with Crippen LogP contribution in [-0.4, -0.2) is 70.8 Å². The van der Waals surface area contributed by atoms with E-state index in [0.717, 1.165) is 12.8 Å². The van der Waals surface area contributed by atoms with Gasteiger partial charge in [-0.05, 0) is 32.1 Å². The van der Waals surface area contributed by atoms with Crippen LogP contribution in [0.2, 0.25) is 0 Å². The molecule has 0 saturated heterocycles. The van der Waals surface area contributed by atoms with Gasteiger partial charge in [0.25, 0.3) is 0 Å². The SMILES string of the molecule is CCCCCCCCC=CCCCCCCCC(=O)O.OCCN(CCO)CCO. The first kappa shape index (κ1) is 31.2. The number of hydrogen-bond donors (Lipinski definition) is 4. The molecule has 0 heterocycles. The third-order valence-electron chi connectivity index (χ3n) is 4.90. The second kappa shape index (κ2) is 28.1. The van der Waals surface area contributed by atoms with Crippen molar-refractivity contribution in [3.63, 3.8) is 0 Å². The Morgan fingerprint density at radius 1 is 0.667 bits per heavy atom.